The minimum absolute atomic E-state index is 0.0240. The smallest absolute Gasteiger partial charge is 0.246 e. The summed E-state index contributed by atoms with van der Waals surface area (Å²) in [6, 6.07) is 0. The number of amides is 1. The average Bonchev–Trinajstić information content (AvgIpc) is 2.38. The first-order chi connectivity index (χ1) is 8.81. The van der Waals surface area contributed by atoms with Crippen molar-refractivity contribution in [2.45, 2.75) is 58.3 Å². The van der Waals surface area contributed by atoms with E-state index in [1.54, 1.807) is 0 Å². The first kappa shape index (κ1) is 17.4. The highest BCUT2D eigenvalue weighted by Gasteiger charge is 1.99. The Morgan fingerprint density at radius 1 is 1.06 bits per heavy atom. The molecule has 0 heterocycles. The highest BCUT2D eigenvalue weighted by atomic mass is 16.5. The van der Waals surface area contributed by atoms with Gasteiger partial charge in [-0.3, -0.25) is 4.79 Å². The van der Waals surface area contributed by atoms with Crippen LogP contribution in [0.1, 0.15) is 58.3 Å². The van der Waals surface area contributed by atoms with Crippen LogP contribution in [0.4, 0.5) is 0 Å². The predicted octanol–water partition coefficient (Wildman–Crippen LogP) is 2.25. The molecule has 4 nitrogen and oxygen atoms in total. The maximum Gasteiger partial charge on any atom is 0.246 e. The molecular weight excluding hydrogens is 230 g/mol. The van der Waals surface area contributed by atoms with E-state index in [-0.39, 0.29) is 19.1 Å². The summed E-state index contributed by atoms with van der Waals surface area (Å²) in [6.45, 7) is 3.27. The fraction of sp³-hybridized carbons (Fsp3) is 0.929. The van der Waals surface area contributed by atoms with Crippen LogP contribution < -0.4 is 5.32 Å². The third-order valence-corrected chi connectivity index (χ3v) is 2.81. The van der Waals surface area contributed by atoms with Crippen LogP contribution in [0, 0.1) is 0 Å². The molecule has 0 aromatic heterocycles. The Balaban J connectivity index is 3.04. The van der Waals surface area contributed by atoms with E-state index in [1.807, 2.05) is 0 Å². The lowest BCUT2D eigenvalue weighted by Crippen LogP contribution is -2.30. The molecule has 18 heavy (non-hydrogen) atoms. The summed E-state index contributed by atoms with van der Waals surface area (Å²) in [7, 11) is 0. The number of unbranched alkanes of at least 4 members (excludes halogenated alkanes) is 7. The van der Waals surface area contributed by atoms with E-state index in [4.69, 9.17) is 9.84 Å². The molecule has 0 spiro atoms. The number of carbonyl (C=O) groups is 1. The molecule has 0 aliphatic rings. The van der Waals surface area contributed by atoms with Gasteiger partial charge in [0.05, 0.1) is 6.61 Å². The lowest BCUT2D eigenvalue weighted by atomic mass is 10.1. The molecule has 0 atom stereocenters. The molecule has 0 aliphatic carbocycles. The van der Waals surface area contributed by atoms with Gasteiger partial charge in [0.1, 0.15) is 6.61 Å². The Morgan fingerprint density at radius 2 is 1.67 bits per heavy atom. The number of aliphatic hydroxyl groups excluding tert-OH is 1. The Kier molecular flexibility index (Phi) is 14.0. The fourth-order valence-corrected chi connectivity index (χ4v) is 1.75. The number of aliphatic hydroxyl groups is 1. The van der Waals surface area contributed by atoms with Crippen molar-refractivity contribution in [1.82, 2.24) is 5.32 Å². The van der Waals surface area contributed by atoms with Gasteiger partial charge in [-0.05, 0) is 6.42 Å². The Hall–Kier alpha value is -0.610. The van der Waals surface area contributed by atoms with Crippen molar-refractivity contribution >= 4 is 5.91 Å². The minimum Gasteiger partial charge on any atom is -0.395 e. The van der Waals surface area contributed by atoms with Crippen LogP contribution in [0.2, 0.25) is 0 Å². The normalized spacial score (nSPS) is 10.6. The quantitative estimate of drug-likeness (QED) is 0.499. The van der Waals surface area contributed by atoms with Crippen LogP contribution in [0.3, 0.4) is 0 Å². The van der Waals surface area contributed by atoms with Crippen LogP contribution in [0.15, 0.2) is 0 Å². The van der Waals surface area contributed by atoms with Gasteiger partial charge in [-0.1, -0.05) is 51.9 Å². The number of ether oxygens (including phenoxy) is 1. The van der Waals surface area contributed by atoms with E-state index in [0.29, 0.717) is 13.2 Å². The second kappa shape index (κ2) is 14.5. The van der Waals surface area contributed by atoms with Crippen molar-refractivity contribution in [3.8, 4) is 0 Å². The SMILES string of the molecule is CCCCCCCCCCOCC(=O)NCCO. The number of nitrogens with one attached hydrogen (secondary N) is 1. The van der Waals surface area contributed by atoms with Crippen molar-refractivity contribution in [2.75, 3.05) is 26.4 Å². The molecule has 1 amide bonds. The van der Waals surface area contributed by atoms with Crippen LogP contribution in [-0.2, 0) is 9.53 Å². The summed E-state index contributed by atoms with van der Waals surface area (Å²) < 4.78 is 5.24. The number of hydrogen-bond donors (Lipinski definition) is 2. The molecule has 108 valence electrons. The summed E-state index contributed by atoms with van der Waals surface area (Å²) in [6.07, 6.45) is 10.2. The van der Waals surface area contributed by atoms with E-state index in [0.717, 1.165) is 6.42 Å². The second-order valence-corrected chi connectivity index (χ2v) is 4.60. The van der Waals surface area contributed by atoms with Crippen molar-refractivity contribution in [3.05, 3.63) is 0 Å². The monoisotopic (exact) mass is 259 g/mol. The van der Waals surface area contributed by atoms with E-state index >= 15 is 0 Å². The first-order valence-corrected chi connectivity index (χ1v) is 7.26. The van der Waals surface area contributed by atoms with Crippen molar-refractivity contribution in [2.24, 2.45) is 0 Å². The van der Waals surface area contributed by atoms with Crippen LogP contribution in [0.5, 0.6) is 0 Å². The molecule has 0 aromatic rings. The molecule has 0 bridgehead atoms. The summed E-state index contributed by atoms with van der Waals surface area (Å²) in [5.41, 5.74) is 0. The third kappa shape index (κ3) is 13.5. The zero-order valence-corrected chi connectivity index (χ0v) is 11.7. The molecule has 0 aliphatic heterocycles. The standard InChI is InChI=1S/C14H29NO3/c1-2-3-4-5-6-7-8-9-12-18-13-14(17)15-10-11-16/h16H,2-13H2,1H3,(H,15,17). The average molecular weight is 259 g/mol. The van der Waals surface area contributed by atoms with Crippen LogP contribution in [-0.4, -0.2) is 37.4 Å². The molecule has 4 heteroatoms. The molecule has 0 rings (SSSR count). The molecule has 0 fully saturated rings. The fourth-order valence-electron chi connectivity index (χ4n) is 1.75. The van der Waals surface area contributed by atoms with Gasteiger partial charge in [0, 0.05) is 13.2 Å². The number of rotatable bonds is 13. The van der Waals surface area contributed by atoms with Crippen LogP contribution >= 0.6 is 0 Å². The lowest BCUT2D eigenvalue weighted by molar-refractivity contribution is -0.125. The van der Waals surface area contributed by atoms with E-state index in [9.17, 15) is 4.79 Å². The van der Waals surface area contributed by atoms with E-state index in [1.165, 1.54) is 44.9 Å². The summed E-state index contributed by atoms with van der Waals surface area (Å²) in [5, 5.41) is 11.1. The van der Waals surface area contributed by atoms with Gasteiger partial charge < -0.3 is 15.2 Å². The summed E-state index contributed by atoms with van der Waals surface area (Å²) in [5.74, 6) is -0.149. The molecular formula is C14H29NO3. The third-order valence-electron chi connectivity index (χ3n) is 2.81. The van der Waals surface area contributed by atoms with Crippen LogP contribution in [0.25, 0.3) is 0 Å². The molecule has 0 unspecified atom stereocenters. The molecule has 0 radical (unpaired) electrons. The van der Waals surface area contributed by atoms with Crippen molar-refractivity contribution in [1.29, 1.82) is 0 Å². The van der Waals surface area contributed by atoms with E-state index in [2.05, 4.69) is 12.2 Å². The van der Waals surface area contributed by atoms with Gasteiger partial charge in [-0.25, -0.2) is 0 Å². The second-order valence-electron chi connectivity index (χ2n) is 4.60. The predicted molar refractivity (Wildman–Crippen MR) is 73.5 cm³/mol. The van der Waals surface area contributed by atoms with E-state index < -0.39 is 0 Å². The van der Waals surface area contributed by atoms with Gasteiger partial charge in [0.2, 0.25) is 5.91 Å². The number of hydrogen-bond acceptors (Lipinski definition) is 3. The van der Waals surface area contributed by atoms with Gasteiger partial charge in [-0.15, -0.1) is 0 Å². The zero-order chi connectivity index (χ0) is 13.5. The Morgan fingerprint density at radius 3 is 2.28 bits per heavy atom. The topological polar surface area (TPSA) is 58.6 Å². The maximum absolute atomic E-state index is 11.1. The minimum atomic E-state index is -0.149. The first-order valence-electron chi connectivity index (χ1n) is 7.26. The molecule has 0 saturated carbocycles. The Labute approximate surface area is 111 Å². The summed E-state index contributed by atoms with van der Waals surface area (Å²) in [4.78, 5) is 11.1. The maximum atomic E-state index is 11.1. The Bertz CT molecular complexity index is 186. The zero-order valence-electron chi connectivity index (χ0n) is 11.7. The van der Waals surface area contributed by atoms with Crippen molar-refractivity contribution in [3.63, 3.8) is 0 Å². The highest BCUT2D eigenvalue weighted by molar-refractivity contribution is 5.77. The van der Waals surface area contributed by atoms with Gasteiger partial charge in [-0.2, -0.15) is 0 Å². The molecule has 0 saturated heterocycles. The lowest BCUT2D eigenvalue weighted by Gasteiger charge is -2.05. The van der Waals surface area contributed by atoms with Gasteiger partial charge in [0.15, 0.2) is 0 Å². The molecule has 2 N–H and O–H groups in total. The van der Waals surface area contributed by atoms with Crippen molar-refractivity contribution < 1.29 is 14.6 Å². The van der Waals surface area contributed by atoms with Gasteiger partial charge in [0.25, 0.3) is 0 Å². The molecule has 0 aromatic carbocycles. The summed E-state index contributed by atoms with van der Waals surface area (Å²) >= 11 is 0. The number of carbonyl (C=O) groups excluding carboxylic acids is 1. The highest BCUT2D eigenvalue weighted by Crippen LogP contribution is 2.08. The largest absolute Gasteiger partial charge is 0.395 e. The van der Waals surface area contributed by atoms with Gasteiger partial charge >= 0.3 is 0 Å².